The van der Waals surface area contributed by atoms with E-state index in [2.05, 4.69) is 0 Å². The van der Waals surface area contributed by atoms with Gasteiger partial charge in [-0.3, -0.25) is 9.69 Å². The summed E-state index contributed by atoms with van der Waals surface area (Å²) in [5, 5.41) is 8.92. The molecule has 108 valence electrons. The topological polar surface area (TPSA) is 60.9 Å². The summed E-state index contributed by atoms with van der Waals surface area (Å²) in [5.74, 6) is -1.42. The van der Waals surface area contributed by atoms with Crippen molar-refractivity contribution in [3.05, 3.63) is 35.1 Å². The number of rotatable bonds is 3. The maximum Gasteiger partial charge on any atom is 0.335 e. The molecule has 0 atom stereocenters. The van der Waals surface area contributed by atoms with Crippen molar-refractivity contribution in [1.29, 1.82) is 0 Å². The second-order valence-electron chi connectivity index (χ2n) is 4.89. The highest BCUT2D eigenvalue weighted by molar-refractivity contribution is 5.87. The molecule has 1 heterocycles. The summed E-state index contributed by atoms with van der Waals surface area (Å²) in [5.41, 5.74) is 0.463. The van der Waals surface area contributed by atoms with E-state index in [0.717, 1.165) is 0 Å². The Morgan fingerprint density at radius 3 is 2.45 bits per heavy atom. The van der Waals surface area contributed by atoms with Crippen LogP contribution in [0.3, 0.4) is 0 Å². The lowest BCUT2D eigenvalue weighted by Crippen LogP contribution is -2.47. The van der Waals surface area contributed by atoms with Gasteiger partial charge in [0.25, 0.3) is 0 Å². The number of benzene rings is 1. The highest BCUT2D eigenvalue weighted by Crippen LogP contribution is 2.15. The Morgan fingerprint density at radius 1 is 1.25 bits per heavy atom. The van der Waals surface area contributed by atoms with Crippen molar-refractivity contribution in [3.8, 4) is 0 Å². The van der Waals surface area contributed by atoms with Crippen LogP contribution in [0.15, 0.2) is 18.2 Å². The van der Waals surface area contributed by atoms with Crippen molar-refractivity contribution in [2.45, 2.75) is 13.5 Å². The minimum absolute atomic E-state index is 0.0451. The number of nitrogens with zero attached hydrogens (tertiary/aromatic N) is 2. The van der Waals surface area contributed by atoms with Crippen molar-refractivity contribution in [1.82, 2.24) is 9.80 Å². The summed E-state index contributed by atoms with van der Waals surface area (Å²) in [6.45, 7) is 4.46. The number of carbonyl (C=O) groups excluding carboxylic acids is 1. The minimum Gasteiger partial charge on any atom is -0.478 e. The molecule has 5 nitrogen and oxygen atoms in total. The molecule has 0 unspecified atom stereocenters. The van der Waals surface area contributed by atoms with Crippen molar-refractivity contribution in [2.24, 2.45) is 0 Å². The molecular weight excluding hydrogens is 263 g/mol. The van der Waals surface area contributed by atoms with Gasteiger partial charge in [-0.05, 0) is 18.2 Å². The van der Waals surface area contributed by atoms with Crippen LogP contribution in [-0.2, 0) is 11.3 Å². The summed E-state index contributed by atoms with van der Waals surface area (Å²) >= 11 is 0. The van der Waals surface area contributed by atoms with Crippen LogP contribution in [0.1, 0.15) is 22.8 Å². The van der Waals surface area contributed by atoms with Crippen LogP contribution < -0.4 is 0 Å². The summed E-state index contributed by atoms with van der Waals surface area (Å²) in [7, 11) is 0. The number of halogens is 1. The van der Waals surface area contributed by atoms with Gasteiger partial charge in [-0.2, -0.15) is 0 Å². The number of hydrogen-bond acceptors (Lipinski definition) is 3. The van der Waals surface area contributed by atoms with Gasteiger partial charge in [-0.15, -0.1) is 0 Å². The molecule has 0 spiro atoms. The van der Waals surface area contributed by atoms with E-state index >= 15 is 0 Å². The highest BCUT2D eigenvalue weighted by Gasteiger charge is 2.20. The number of carboxylic acid groups (broad SMARTS) is 1. The third-order valence-electron chi connectivity index (χ3n) is 3.50. The first kappa shape index (κ1) is 14.5. The van der Waals surface area contributed by atoms with E-state index in [1.165, 1.54) is 25.1 Å². The Morgan fingerprint density at radius 2 is 1.90 bits per heavy atom. The summed E-state index contributed by atoms with van der Waals surface area (Å²) < 4.78 is 13.7. The molecule has 1 aromatic carbocycles. The predicted molar refractivity (Wildman–Crippen MR) is 70.9 cm³/mol. The number of carbonyl (C=O) groups is 2. The molecule has 0 aliphatic carbocycles. The Balaban J connectivity index is 2.02. The Hall–Kier alpha value is -1.95. The van der Waals surface area contributed by atoms with Gasteiger partial charge >= 0.3 is 5.97 Å². The van der Waals surface area contributed by atoms with E-state index in [9.17, 15) is 14.0 Å². The smallest absolute Gasteiger partial charge is 0.335 e. The highest BCUT2D eigenvalue weighted by atomic mass is 19.1. The van der Waals surface area contributed by atoms with Crippen LogP contribution in [0, 0.1) is 5.82 Å². The molecule has 1 aromatic rings. The zero-order chi connectivity index (χ0) is 14.7. The number of aromatic carboxylic acids is 1. The number of piperazine rings is 1. The molecule has 1 N–H and O–H groups in total. The molecule has 0 saturated carbocycles. The standard InChI is InChI=1S/C14H17FN2O3/c1-10(18)17-6-4-16(5-7-17)9-12-8-11(14(19)20)2-3-13(12)15/h2-3,8H,4-7,9H2,1H3,(H,19,20). The Labute approximate surface area is 116 Å². The van der Waals surface area contributed by atoms with Gasteiger partial charge in [0, 0.05) is 45.2 Å². The fourth-order valence-electron chi connectivity index (χ4n) is 2.29. The lowest BCUT2D eigenvalue weighted by Gasteiger charge is -2.34. The molecule has 1 saturated heterocycles. The van der Waals surface area contributed by atoms with Gasteiger partial charge in [-0.25, -0.2) is 9.18 Å². The fraction of sp³-hybridized carbons (Fsp3) is 0.429. The monoisotopic (exact) mass is 280 g/mol. The first-order valence-corrected chi connectivity index (χ1v) is 6.47. The quantitative estimate of drug-likeness (QED) is 0.903. The summed E-state index contributed by atoms with van der Waals surface area (Å²) in [6.07, 6.45) is 0. The van der Waals surface area contributed by atoms with Crippen LogP contribution >= 0.6 is 0 Å². The molecule has 0 bridgehead atoms. The summed E-state index contributed by atoms with van der Waals surface area (Å²) in [4.78, 5) is 25.9. The van der Waals surface area contributed by atoms with Crippen LogP contribution in [0.2, 0.25) is 0 Å². The van der Waals surface area contributed by atoms with E-state index in [4.69, 9.17) is 5.11 Å². The normalized spacial score (nSPS) is 16.2. The lowest BCUT2D eigenvalue weighted by molar-refractivity contribution is -0.130. The zero-order valence-corrected chi connectivity index (χ0v) is 11.3. The molecule has 0 radical (unpaired) electrons. The van der Waals surface area contributed by atoms with E-state index in [0.29, 0.717) is 38.3 Å². The fourth-order valence-corrected chi connectivity index (χ4v) is 2.29. The largest absolute Gasteiger partial charge is 0.478 e. The Bertz CT molecular complexity index is 525. The first-order chi connectivity index (χ1) is 9.47. The van der Waals surface area contributed by atoms with E-state index in [-0.39, 0.29) is 11.5 Å². The van der Waals surface area contributed by atoms with Gasteiger partial charge < -0.3 is 10.0 Å². The van der Waals surface area contributed by atoms with Crippen LogP contribution in [-0.4, -0.2) is 53.0 Å². The van der Waals surface area contributed by atoms with Crippen LogP contribution in [0.4, 0.5) is 4.39 Å². The molecule has 1 aliphatic rings. The molecule has 1 fully saturated rings. The van der Waals surface area contributed by atoms with Gasteiger partial charge in [0.15, 0.2) is 0 Å². The second kappa shape index (κ2) is 6.00. The van der Waals surface area contributed by atoms with Gasteiger partial charge in [-0.1, -0.05) is 0 Å². The number of amides is 1. The molecule has 1 aliphatic heterocycles. The maximum atomic E-state index is 13.7. The summed E-state index contributed by atoms with van der Waals surface area (Å²) in [6, 6.07) is 3.81. The molecule has 1 amide bonds. The zero-order valence-electron chi connectivity index (χ0n) is 11.3. The maximum absolute atomic E-state index is 13.7. The van der Waals surface area contributed by atoms with Crippen LogP contribution in [0.25, 0.3) is 0 Å². The third-order valence-corrected chi connectivity index (χ3v) is 3.50. The predicted octanol–water partition coefficient (Wildman–Crippen LogP) is 1.19. The van der Waals surface area contributed by atoms with Crippen molar-refractivity contribution in [3.63, 3.8) is 0 Å². The first-order valence-electron chi connectivity index (χ1n) is 6.47. The molecule has 20 heavy (non-hydrogen) atoms. The lowest BCUT2D eigenvalue weighted by atomic mass is 10.1. The van der Waals surface area contributed by atoms with Crippen molar-refractivity contribution in [2.75, 3.05) is 26.2 Å². The molecule has 2 rings (SSSR count). The van der Waals surface area contributed by atoms with Gasteiger partial charge in [0.2, 0.25) is 5.91 Å². The third kappa shape index (κ3) is 3.33. The average molecular weight is 280 g/mol. The SMILES string of the molecule is CC(=O)N1CCN(Cc2cc(C(=O)O)ccc2F)CC1. The number of carboxylic acids is 1. The second-order valence-corrected chi connectivity index (χ2v) is 4.89. The van der Waals surface area contributed by atoms with Crippen molar-refractivity contribution < 1.29 is 19.1 Å². The van der Waals surface area contributed by atoms with Gasteiger partial charge in [0.05, 0.1) is 5.56 Å². The van der Waals surface area contributed by atoms with E-state index in [1.807, 2.05) is 4.90 Å². The van der Waals surface area contributed by atoms with E-state index < -0.39 is 11.8 Å². The molecular formula is C14H17FN2O3. The van der Waals surface area contributed by atoms with Gasteiger partial charge in [0.1, 0.15) is 5.82 Å². The minimum atomic E-state index is -1.06. The van der Waals surface area contributed by atoms with E-state index in [1.54, 1.807) is 4.90 Å². The molecule has 0 aromatic heterocycles. The average Bonchev–Trinajstić information content (AvgIpc) is 2.41. The Kier molecular flexibility index (Phi) is 4.34. The van der Waals surface area contributed by atoms with Crippen LogP contribution in [0.5, 0.6) is 0 Å². The molecule has 6 heteroatoms. The van der Waals surface area contributed by atoms with Crippen molar-refractivity contribution >= 4 is 11.9 Å². The number of hydrogen-bond donors (Lipinski definition) is 1.